The van der Waals surface area contributed by atoms with Gasteiger partial charge in [-0.1, -0.05) is 30.3 Å². The predicted molar refractivity (Wildman–Crippen MR) is 107 cm³/mol. The maximum atomic E-state index is 11.8. The maximum Gasteiger partial charge on any atom is 0.306 e. The van der Waals surface area contributed by atoms with E-state index in [1.54, 1.807) is 6.07 Å². The number of carbonyl (C=O) groups excluding carboxylic acids is 1. The summed E-state index contributed by atoms with van der Waals surface area (Å²) in [5, 5.41) is 7.61. The Labute approximate surface area is 158 Å². The Morgan fingerprint density at radius 3 is 2.44 bits per heavy atom. The maximum absolute atomic E-state index is 11.8. The number of esters is 1. The molecule has 27 heavy (non-hydrogen) atoms. The minimum absolute atomic E-state index is 0.00369. The van der Waals surface area contributed by atoms with Crippen molar-refractivity contribution in [1.82, 2.24) is 0 Å². The highest BCUT2D eigenvalue weighted by Gasteiger charge is 2.17. The van der Waals surface area contributed by atoms with Gasteiger partial charge in [-0.15, -0.1) is 0 Å². The number of ether oxygens (including phenoxy) is 1. The van der Waals surface area contributed by atoms with Gasteiger partial charge in [-0.05, 0) is 48.1 Å². The van der Waals surface area contributed by atoms with Gasteiger partial charge in [-0.3, -0.25) is 10.2 Å². The molecule has 7 heteroatoms. The zero-order valence-corrected chi connectivity index (χ0v) is 15.3. The molecule has 0 saturated heterocycles. The number of amidine groups is 1. The second kappa shape index (κ2) is 9.38. The summed E-state index contributed by atoms with van der Waals surface area (Å²) in [6, 6.07) is 15.1. The summed E-state index contributed by atoms with van der Waals surface area (Å²) in [5.41, 5.74) is 19.8. The number of nitrogens with two attached hydrogens (primary N) is 3. The number of hydrogen-bond donors (Lipinski definition) is 4. The van der Waals surface area contributed by atoms with Crippen LogP contribution in [0.25, 0.3) is 0 Å². The summed E-state index contributed by atoms with van der Waals surface area (Å²) >= 11 is 0. The van der Waals surface area contributed by atoms with Crippen LogP contribution < -0.4 is 17.2 Å². The first-order valence-corrected chi connectivity index (χ1v) is 8.58. The molecular weight excluding hydrogens is 342 g/mol. The van der Waals surface area contributed by atoms with Crippen LogP contribution in [0.1, 0.15) is 35.4 Å². The molecule has 0 spiro atoms. The number of methoxy groups -OCH3 is 1. The largest absolute Gasteiger partial charge is 0.469 e. The molecule has 0 amide bonds. The van der Waals surface area contributed by atoms with Gasteiger partial charge >= 0.3 is 5.97 Å². The van der Waals surface area contributed by atoms with E-state index in [1.807, 2.05) is 42.5 Å². The summed E-state index contributed by atoms with van der Waals surface area (Å²) in [4.78, 5) is 15.8. The van der Waals surface area contributed by atoms with Crippen LogP contribution in [0.15, 0.2) is 53.5 Å². The molecule has 0 bridgehead atoms. The molecule has 2 aromatic carbocycles. The first kappa shape index (κ1) is 20.0. The van der Waals surface area contributed by atoms with Crippen LogP contribution in [0.4, 0.5) is 5.69 Å². The molecule has 0 aromatic heterocycles. The highest BCUT2D eigenvalue weighted by molar-refractivity contribution is 5.95. The lowest BCUT2D eigenvalue weighted by atomic mass is 9.88. The third-order valence-corrected chi connectivity index (χ3v) is 4.29. The lowest BCUT2D eigenvalue weighted by Crippen LogP contribution is -2.21. The van der Waals surface area contributed by atoms with Crippen molar-refractivity contribution < 1.29 is 9.53 Å². The number of nitrogen functional groups attached to an aromatic ring is 1. The number of aryl methyl sites for hydroxylation is 1. The first-order chi connectivity index (χ1) is 12.9. The Morgan fingerprint density at radius 2 is 1.85 bits per heavy atom. The third-order valence-electron chi connectivity index (χ3n) is 4.29. The van der Waals surface area contributed by atoms with Crippen molar-refractivity contribution >= 4 is 23.5 Å². The van der Waals surface area contributed by atoms with Crippen LogP contribution in [0.2, 0.25) is 0 Å². The summed E-state index contributed by atoms with van der Waals surface area (Å²) in [6.07, 6.45) is 1.79. The number of rotatable bonds is 8. The van der Waals surface area contributed by atoms with Crippen molar-refractivity contribution in [2.45, 2.75) is 25.2 Å². The van der Waals surface area contributed by atoms with Crippen LogP contribution in [0.3, 0.4) is 0 Å². The molecule has 7 N–H and O–H groups in total. The number of guanidine groups is 1. The Bertz CT molecular complexity index is 827. The van der Waals surface area contributed by atoms with Crippen molar-refractivity contribution in [3.63, 3.8) is 0 Å². The van der Waals surface area contributed by atoms with E-state index in [1.165, 1.54) is 7.11 Å². The van der Waals surface area contributed by atoms with E-state index in [2.05, 4.69) is 4.99 Å². The number of carbonyl (C=O) groups is 1. The lowest BCUT2D eigenvalue weighted by Gasteiger charge is -2.17. The second-order valence-corrected chi connectivity index (χ2v) is 6.26. The van der Waals surface area contributed by atoms with Gasteiger partial charge in [-0.2, -0.15) is 0 Å². The van der Waals surface area contributed by atoms with E-state index in [0.717, 1.165) is 24.0 Å². The smallest absolute Gasteiger partial charge is 0.306 e. The highest BCUT2D eigenvalue weighted by atomic mass is 16.5. The van der Waals surface area contributed by atoms with Crippen molar-refractivity contribution in [3.8, 4) is 0 Å². The number of nitrogens with one attached hydrogen (secondary N) is 1. The van der Waals surface area contributed by atoms with Crippen LogP contribution >= 0.6 is 0 Å². The molecule has 0 aliphatic heterocycles. The summed E-state index contributed by atoms with van der Waals surface area (Å²) in [7, 11) is 1.38. The van der Waals surface area contributed by atoms with E-state index in [-0.39, 0.29) is 30.1 Å². The second-order valence-electron chi connectivity index (χ2n) is 6.26. The summed E-state index contributed by atoms with van der Waals surface area (Å²) < 4.78 is 4.84. The van der Waals surface area contributed by atoms with Crippen molar-refractivity contribution in [2.75, 3.05) is 7.11 Å². The summed E-state index contributed by atoms with van der Waals surface area (Å²) in [6.45, 7) is 0. The van der Waals surface area contributed by atoms with Gasteiger partial charge in [0.2, 0.25) is 0 Å². The van der Waals surface area contributed by atoms with E-state index in [4.69, 9.17) is 27.3 Å². The van der Waals surface area contributed by atoms with Gasteiger partial charge in [0.1, 0.15) is 5.84 Å². The fourth-order valence-corrected chi connectivity index (χ4v) is 2.86. The molecule has 142 valence electrons. The van der Waals surface area contributed by atoms with Crippen molar-refractivity contribution in [1.29, 1.82) is 5.41 Å². The fourth-order valence-electron chi connectivity index (χ4n) is 2.86. The average molecular weight is 367 g/mol. The van der Waals surface area contributed by atoms with Crippen molar-refractivity contribution in [3.05, 3.63) is 65.2 Å². The van der Waals surface area contributed by atoms with E-state index < -0.39 is 0 Å². The molecule has 7 nitrogen and oxygen atoms in total. The third kappa shape index (κ3) is 6.14. The molecule has 0 aliphatic carbocycles. The van der Waals surface area contributed by atoms with Gasteiger partial charge < -0.3 is 21.9 Å². The molecule has 0 unspecified atom stereocenters. The van der Waals surface area contributed by atoms with Crippen LogP contribution in [-0.2, 0) is 16.0 Å². The SMILES string of the molecule is COC(=O)C[C@@H](CCc1ccc(N=C(N)N)cc1)c1cccc(C(=N)N)c1. The monoisotopic (exact) mass is 367 g/mol. The lowest BCUT2D eigenvalue weighted by molar-refractivity contribution is -0.141. The molecule has 2 rings (SSSR count). The number of aliphatic imine (C=N–C) groups is 1. The van der Waals surface area contributed by atoms with Gasteiger partial charge in [0, 0.05) is 5.56 Å². The number of nitrogens with zero attached hydrogens (tertiary/aromatic N) is 1. The van der Waals surface area contributed by atoms with Gasteiger partial charge in [0.15, 0.2) is 5.96 Å². The minimum Gasteiger partial charge on any atom is -0.469 e. The van der Waals surface area contributed by atoms with Gasteiger partial charge in [-0.25, -0.2) is 4.99 Å². The number of benzene rings is 2. The average Bonchev–Trinajstić information content (AvgIpc) is 2.65. The fraction of sp³-hybridized carbons (Fsp3) is 0.250. The quantitative estimate of drug-likeness (QED) is 0.321. The molecule has 0 heterocycles. The zero-order chi connectivity index (χ0) is 19.8. The van der Waals surface area contributed by atoms with E-state index >= 15 is 0 Å². The van der Waals surface area contributed by atoms with Crippen LogP contribution in [-0.4, -0.2) is 24.9 Å². The topological polar surface area (TPSA) is 141 Å². The Morgan fingerprint density at radius 1 is 1.15 bits per heavy atom. The summed E-state index contributed by atoms with van der Waals surface area (Å²) in [5.74, 6) is -0.277. The van der Waals surface area contributed by atoms with E-state index in [9.17, 15) is 4.79 Å². The molecule has 0 radical (unpaired) electrons. The predicted octanol–water partition coefficient (Wildman–Crippen LogP) is 2.16. The first-order valence-electron chi connectivity index (χ1n) is 8.58. The standard InChI is InChI=1S/C20H25N5O2/c1-27-18(26)12-15(14-3-2-4-16(11-14)19(21)22)8-5-13-6-9-17(10-7-13)25-20(23)24/h2-4,6-7,9-11,15H,5,8,12H2,1H3,(H3,21,22)(H4,23,24,25)/t15-/m1/s1. The van der Waals surface area contributed by atoms with Crippen molar-refractivity contribution in [2.24, 2.45) is 22.2 Å². The van der Waals surface area contributed by atoms with E-state index in [0.29, 0.717) is 11.3 Å². The van der Waals surface area contributed by atoms with Gasteiger partial charge in [0.05, 0.1) is 19.2 Å². The highest BCUT2D eigenvalue weighted by Crippen LogP contribution is 2.27. The molecule has 0 aliphatic rings. The molecule has 0 fully saturated rings. The number of hydrogen-bond acceptors (Lipinski definition) is 4. The molecular formula is C20H25N5O2. The Kier molecular flexibility index (Phi) is 6.93. The molecule has 1 atom stereocenters. The minimum atomic E-state index is -0.267. The molecule has 2 aromatic rings. The Balaban J connectivity index is 2.15. The van der Waals surface area contributed by atoms with Crippen LogP contribution in [0, 0.1) is 5.41 Å². The van der Waals surface area contributed by atoms with Crippen LogP contribution in [0.5, 0.6) is 0 Å². The zero-order valence-electron chi connectivity index (χ0n) is 15.3. The normalized spacial score (nSPS) is 11.4. The molecule has 0 saturated carbocycles. The Hall–Kier alpha value is -3.35. The van der Waals surface area contributed by atoms with Gasteiger partial charge in [0.25, 0.3) is 0 Å².